The third-order valence-corrected chi connectivity index (χ3v) is 3.16. The molecule has 0 spiro atoms. The van der Waals surface area contributed by atoms with Crippen molar-refractivity contribution in [2.45, 2.75) is 18.4 Å². The van der Waals surface area contributed by atoms with Crippen molar-refractivity contribution >= 4 is 0 Å². The summed E-state index contributed by atoms with van der Waals surface area (Å²) in [4.78, 5) is 0. The van der Waals surface area contributed by atoms with E-state index in [-0.39, 0.29) is 11.1 Å². The van der Waals surface area contributed by atoms with Crippen molar-refractivity contribution in [3.8, 4) is 0 Å². The second kappa shape index (κ2) is 4.90. The van der Waals surface area contributed by atoms with Crippen LogP contribution in [0.15, 0.2) is 48.5 Å². The van der Waals surface area contributed by atoms with Crippen molar-refractivity contribution in [1.82, 2.24) is 0 Å². The predicted octanol–water partition coefficient (Wildman–Crippen LogP) is 3.86. The zero-order valence-electron chi connectivity index (χ0n) is 10.6. The van der Waals surface area contributed by atoms with E-state index < -0.39 is 23.2 Å². The quantitative estimate of drug-likeness (QED) is 0.849. The van der Waals surface area contributed by atoms with Crippen LogP contribution in [-0.4, -0.2) is 11.0 Å². The molecule has 0 bridgehead atoms. The minimum absolute atomic E-state index is 0.169. The molecular formula is C15H12F4O. The maximum atomic E-state index is 13.9. The third-order valence-electron chi connectivity index (χ3n) is 3.16. The molecule has 0 aliphatic rings. The van der Waals surface area contributed by atoms with Crippen LogP contribution in [0.2, 0.25) is 0 Å². The SMILES string of the molecule is CC(F)(F)C(O)(c1ccc(F)cc1)c1ccc(F)cc1. The lowest BCUT2D eigenvalue weighted by molar-refractivity contribution is -0.151. The molecule has 0 aliphatic carbocycles. The van der Waals surface area contributed by atoms with E-state index >= 15 is 0 Å². The summed E-state index contributed by atoms with van der Waals surface area (Å²) < 4.78 is 53.6. The molecule has 0 atom stereocenters. The first-order valence-electron chi connectivity index (χ1n) is 5.87. The molecule has 5 heteroatoms. The lowest BCUT2D eigenvalue weighted by Crippen LogP contribution is -2.44. The van der Waals surface area contributed by atoms with Crippen molar-refractivity contribution in [3.05, 3.63) is 71.3 Å². The van der Waals surface area contributed by atoms with Gasteiger partial charge in [-0.3, -0.25) is 0 Å². The number of alkyl halides is 2. The lowest BCUT2D eigenvalue weighted by Gasteiger charge is -2.34. The van der Waals surface area contributed by atoms with Gasteiger partial charge in [0.1, 0.15) is 11.6 Å². The number of halogens is 4. The number of aliphatic hydroxyl groups is 1. The molecule has 2 aromatic carbocycles. The average molecular weight is 284 g/mol. The van der Waals surface area contributed by atoms with Crippen molar-refractivity contribution in [2.75, 3.05) is 0 Å². The summed E-state index contributed by atoms with van der Waals surface area (Å²) in [6.07, 6.45) is 0. The molecule has 106 valence electrons. The molecule has 0 amide bonds. The van der Waals surface area contributed by atoms with Gasteiger partial charge in [0.05, 0.1) is 0 Å². The minimum Gasteiger partial charge on any atom is -0.374 e. The molecule has 0 radical (unpaired) electrons. The van der Waals surface area contributed by atoms with E-state index in [9.17, 15) is 22.7 Å². The number of benzene rings is 2. The van der Waals surface area contributed by atoms with Gasteiger partial charge in [0.2, 0.25) is 0 Å². The molecule has 2 aromatic rings. The van der Waals surface area contributed by atoms with Gasteiger partial charge in [-0.05, 0) is 35.4 Å². The summed E-state index contributed by atoms with van der Waals surface area (Å²) in [6.45, 7) is 0.555. The Bertz CT molecular complexity index is 539. The topological polar surface area (TPSA) is 20.2 Å². The largest absolute Gasteiger partial charge is 0.374 e. The fourth-order valence-electron chi connectivity index (χ4n) is 2.06. The predicted molar refractivity (Wildman–Crippen MR) is 66.4 cm³/mol. The van der Waals surface area contributed by atoms with Crippen LogP contribution < -0.4 is 0 Å². The van der Waals surface area contributed by atoms with E-state index in [0.29, 0.717) is 6.92 Å². The van der Waals surface area contributed by atoms with Gasteiger partial charge in [0.25, 0.3) is 5.92 Å². The second-order valence-corrected chi connectivity index (χ2v) is 4.61. The highest BCUT2D eigenvalue weighted by Gasteiger charge is 2.51. The first kappa shape index (κ1) is 14.5. The number of hydrogen-bond acceptors (Lipinski definition) is 1. The third kappa shape index (κ3) is 2.41. The molecule has 0 unspecified atom stereocenters. The molecule has 1 nitrogen and oxygen atoms in total. The normalized spacial score (nSPS) is 12.5. The van der Waals surface area contributed by atoms with Gasteiger partial charge in [0.15, 0.2) is 5.60 Å². The maximum Gasteiger partial charge on any atom is 0.281 e. The molecule has 1 N–H and O–H groups in total. The van der Waals surface area contributed by atoms with Crippen molar-refractivity contribution in [3.63, 3.8) is 0 Å². The van der Waals surface area contributed by atoms with Crippen LogP contribution in [0.5, 0.6) is 0 Å². The Hall–Kier alpha value is -1.88. The van der Waals surface area contributed by atoms with Crippen LogP contribution in [0.1, 0.15) is 18.1 Å². The fraction of sp³-hybridized carbons (Fsp3) is 0.200. The van der Waals surface area contributed by atoms with Gasteiger partial charge in [-0.1, -0.05) is 24.3 Å². The first-order chi connectivity index (χ1) is 9.25. The molecule has 0 saturated heterocycles. The van der Waals surface area contributed by atoms with Crippen LogP contribution in [0, 0.1) is 11.6 Å². The molecule has 0 aliphatic heterocycles. The van der Waals surface area contributed by atoms with E-state index in [4.69, 9.17) is 0 Å². The van der Waals surface area contributed by atoms with Gasteiger partial charge in [-0.15, -0.1) is 0 Å². The van der Waals surface area contributed by atoms with Crippen molar-refractivity contribution < 1.29 is 22.7 Å². The molecule has 0 aromatic heterocycles. The molecule has 20 heavy (non-hydrogen) atoms. The minimum atomic E-state index is -3.54. The second-order valence-electron chi connectivity index (χ2n) is 4.61. The molecule has 0 saturated carbocycles. The zero-order chi connectivity index (χ0) is 15.0. The zero-order valence-corrected chi connectivity index (χ0v) is 10.6. The van der Waals surface area contributed by atoms with Crippen LogP contribution in [0.4, 0.5) is 17.6 Å². The first-order valence-corrected chi connectivity index (χ1v) is 5.87. The standard InChI is InChI=1S/C15H12F4O/c1-14(18,19)15(20,10-2-6-12(16)7-3-10)11-4-8-13(17)9-5-11/h2-9,20H,1H3. The Balaban J connectivity index is 2.62. The Morgan fingerprint density at radius 3 is 1.30 bits per heavy atom. The van der Waals surface area contributed by atoms with E-state index in [0.717, 1.165) is 48.5 Å². The Morgan fingerprint density at radius 2 is 1.05 bits per heavy atom. The van der Waals surface area contributed by atoms with Crippen LogP contribution >= 0.6 is 0 Å². The van der Waals surface area contributed by atoms with Crippen LogP contribution in [-0.2, 0) is 5.60 Å². The highest BCUT2D eigenvalue weighted by atomic mass is 19.3. The fourth-order valence-corrected chi connectivity index (χ4v) is 2.06. The Labute approximate surface area is 113 Å². The summed E-state index contributed by atoms with van der Waals surface area (Å²) in [7, 11) is 0. The van der Waals surface area contributed by atoms with Crippen molar-refractivity contribution in [1.29, 1.82) is 0 Å². The molecule has 0 heterocycles. The summed E-state index contributed by atoms with van der Waals surface area (Å²) in [5.41, 5.74) is -3.00. The number of hydrogen-bond donors (Lipinski definition) is 1. The van der Waals surface area contributed by atoms with E-state index in [1.165, 1.54) is 0 Å². The summed E-state index contributed by atoms with van der Waals surface area (Å²) in [5, 5.41) is 10.5. The number of rotatable bonds is 3. The van der Waals surface area contributed by atoms with E-state index in [1.807, 2.05) is 0 Å². The van der Waals surface area contributed by atoms with Crippen molar-refractivity contribution in [2.24, 2.45) is 0 Å². The monoisotopic (exact) mass is 284 g/mol. The molecule has 0 fully saturated rings. The highest BCUT2D eigenvalue weighted by molar-refractivity contribution is 5.38. The smallest absolute Gasteiger partial charge is 0.281 e. The maximum absolute atomic E-state index is 13.9. The van der Waals surface area contributed by atoms with Crippen LogP contribution in [0.3, 0.4) is 0 Å². The highest BCUT2D eigenvalue weighted by Crippen LogP contribution is 2.42. The summed E-state index contributed by atoms with van der Waals surface area (Å²) in [5.74, 6) is -4.74. The van der Waals surface area contributed by atoms with Gasteiger partial charge in [-0.2, -0.15) is 0 Å². The summed E-state index contributed by atoms with van der Waals surface area (Å²) in [6, 6.07) is 8.24. The molecular weight excluding hydrogens is 272 g/mol. The molecule has 2 rings (SSSR count). The van der Waals surface area contributed by atoms with E-state index in [1.54, 1.807) is 0 Å². The lowest BCUT2D eigenvalue weighted by atomic mass is 9.81. The average Bonchev–Trinajstić information content (AvgIpc) is 2.38. The van der Waals surface area contributed by atoms with E-state index in [2.05, 4.69) is 0 Å². The van der Waals surface area contributed by atoms with Gasteiger partial charge < -0.3 is 5.11 Å². The van der Waals surface area contributed by atoms with Gasteiger partial charge in [0, 0.05) is 6.92 Å². The van der Waals surface area contributed by atoms with Gasteiger partial charge in [-0.25, -0.2) is 17.6 Å². The van der Waals surface area contributed by atoms with Gasteiger partial charge >= 0.3 is 0 Å². The van der Waals surface area contributed by atoms with Crippen LogP contribution in [0.25, 0.3) is 0 Å². The Morgan fingerprint density at radius 1 is 0.750 bits per heavy atom. The summed E-state index contributed by atoms with van der Waals surface area (Å²) >= 11 is 0. The Kier molecular flexibility index (Phi) is 3.56.